The van der Waals surface area contributed by atoms with Gasteiger partial charge in [0.05, 0.1) is 28.2 Å². The Balaban J connectivity index is 2.40. The summed E-state index contributed by atoms with van der Waals surface area (Å²) >= 11 is 6.23. The Hall–Kier alpha value is -2.73. The Bertz CT molecular complexity index is 953. The number of halogens is 1. The summed E-state index contributed by atoms with van der Waals surface area (Å²) in [6.07, 6.45) is 4.45. The minimum absolute atomic E-state index is 0.228. The van der Waals surface area contributed by atoms with E-state index in [0.29, 0.717) is 27.2 Å². The Kier molecular flexibility index (Phi) is 4.08. The number of aromatic nitrogens is 3. The fraction of sp³-hybridized carbons (Fsp3) is 0.125. The second-order valence-corrected chi connectivity index (χ2v) is 5.11. The number of ether oxygens (including phenoxy) is 1. The summed E-state index contributed by atoms with van der Waals surface area (Å²) in [6, 6.07) is 4.63. The summed E-state index contributed by atoms with van der Waals surface area (Å²) in [5.41, 5.74) is 1.94. The van der Waals surface area contributed by atoms with Crippen molar-refractivity contribution in [1.82, 2.24) is 15.0 Å². The van der Waals surface area contributed by atoms with Crippen molar-refractivity contribution in [2.24, 2.45) is 0 Å². The lowest BCUT2D eigenvalue weighted by Crippen LogP contribution is -2.11. The molecule has 3 aromatic rings. The molecule has 0 atom stereocenters. The molecule has 116 valence electrons. The average molecular weight is 330 g/mol. The second kappa shape index (κ2) is 6.18. The highest BCUT2D eigenvalue weighted by Gasteiger charge is 2.20. The number of esters is 1. The highest BCUT2D eigenvalue weighted by molar-refractivity contribution is 6.33. The Labute approximate surface area is 136 Å². The molecule has 0 fully saturated rings. The first-order valence-electron chi connectivity index (χ1n) is 6.91. The van der Waals surface area contributed by atoms with E-state index in [1.807, 2.05) is 0 Å². The molecule has 0 spiro atoms. The molecule has 0 aliphatic carbocycles. The number of carbonyl (C=O) groups excluding carboxylic acids is 1. The van der Waals surface area contributed by atoms with Crippen LogP contribution in [0.5, 0.6) is 0 Å². The average Bonchev–Trinajstić information content (AvgIpc) is 2.54. The van der Waals surface area contributed by atoms with E-state index in [4.69, 9.17) is 16.3 Å². The van der Waals surface area contributed by atoms with Gasteiger partial charge in [-0.25, -0.2) is 4.79 Å². The molecule has 0 unspecified atom stereocenters. The zero-order valence-corrected chi connectivity index (χ0v) is 12.9. The van der Waals surface area contributed by atoms with Gasteiger partial charge < -0.3 is 9.72 Å². The third-order valence-corrected chi connectivity index (χ3v) is 3.59. The van der Waals surface area contributed by atoms with E-state index in [1.54, 1.807) is 25.3 Å². The first kappa shape index (κ1) is 15.2. The minimum atomic E-state index is -0.533. The van der Waals surface area contributed by atoms with E-state index in [2.05, 4.69) is 15.0 Å². The highest BCUT2D eigenvalue weighted by atomic mass is 35.5. The van der Waals surface area contributed by atoms with Crippen molar-refractivity contribution in [3.63, 3.8) is 0 Å². The van der Waals surface area contributed by atoms with Gasteiger partial charge in [0.25, 0.3) is 0 Å². The fourth-order valence-electron chi connectivity index (χ4n) is 2.32. The van der Waals surface area contributed by atoms with E-state index >= 15 is 0 Å². The zero-order valence-electron chi connectivity index (χ0n) is 12.2. The molecule has 0 amide bonds. The van der Waals surface area contributed by atoms with Gasteiger partial charge in [-0.2, -0.15) is 0 Å². The van der Waals surface area contributed by atoms with Crippen LogP contribution in [0.2, 0.25) is 5.02 Å². The Morgan fingerprint density at radius 1 is 1.30 bits per heavy atom. The van der Waals surface area contributed by atoms with Crippen molar-refractivity contribution in [3.05, 3.63) is 57.7 Å². The quantitative estimate of drug-likeness (QED) is 0.747. The Morgan fingerprint density at radius 2 is 2.13 bits per heavy atom. The maximum Gasteiger partial charge on any atom is 0.340 e. The van der Waals surface area contributed by atoms with Crippen molar-refractivity contribution >= 4 is 28.6 Å². The van der Waals surface area contributed by atoms with Crippen LogP contribution in [0, 0.1) is 0 Å². The molecule has 0 radical (unpaired) electrons. The number of carbonyl (C=O) groups is 1. The van der Waals surface area contributed by atoms with E-state index in [9.17, 15) is 9.59 Å². The van der Waals surface area contributed by atoms with Gasteiger partial charge >= 0.3 is 5.97 Å². The number of pyridine rings is 3. The number of H-pyrrole nitrogens is 1. The highest BCUT2D eigenvalue weighted by Crippen LogP contribution is 2.34. The lowest BCUT2D eigenvalue weighted by molar-refractivity contribution is 0.0527. The molecular formula is C16H12ClN3O3. The number of nitrogens with zero attached hydrogens (tertiary/aromatic N) is 2. The van der Waals surface area contributed by atoms with Crippen molar-refractivity contribution in [2.75, 3.05) is 6.61 Å². The number of aromatic amines is 1. The normalized spacial score (nSPS) is 10.7. The SMILES string of the molecule is CCOC(=O)c1cnc2ccc(=O)[nH]c2c1-c1ccncc1Cl. The Morgan fingerprint density at radius 3 is 2.87 bits per heavy atom. The molecule has 3 heterocycles. The monoisotopic (exact) mass is 329 g/mol. The minimum Gasteiger partial charge on any atom is -0.462 e. The predicted molar refractivity (Wildman–Crippen MR) is 86.6 cm³/mol. The molecule has 0 saturated carbocycles. The maximum atomic E-state index is 12.3. The van der Waals surface area contributed by atoms with E-state index in [0.717, 1.165) is 0 Å². The van der Waals surface area contributed by atoms with Crippen LogP contribution < -0.4 is 5.56 Å². The zero-order chi connectivity index (χ0) is 16.4. The number of fused-ring (bicyclic) bond motifs is 1. The van der Waals surface area contributed by atoms with Gasteiger partial charge in [-0.15, -0.1) is 0 Å². The third-order valence-electron chi connectivity index (χ3n) is 3.29. The van der Waals surface area contributed by atoms with Gasteiger partial charge in [0.2, 0.25) is 5.56 Å². The lowest BCUT2D eigenvalue weighted by Gasteiger charge is -2.12. The van der Waals surface area contributed by atoms with Crippen LogP contribution in [0.3, 0.4) is 0 Å². The molecule has 6 nitrogen and oxygen atoms in total. The summed E-state index contributed by atoms with van der Waals surface area (Å²) in [5.74, 6) is -0.533. The van der Waals surface area contributed by atoms with Gasteiger partial charge in [-0.3, -0.25) is 14.8 Å². The largest absolute Gasteiger partial charge is 0.462 e. The van der Waals surface area contributed by atoms with Crippen molar-refractivity contribution in [1.29, 1.82) is 0 Å². The summed E-state index contributed by atoms with van der Waals surface area (Å²) in [7, 11) is 0. The van der Waals surface area contributed by atoms with E-state index < -0.39 is 5.97 Å². The number of hydrogen-bond acceptors (Lipinski definition) is 5. The molecule has 0 aliphatic rings. The van der Waals surface area contributed by atoms with Crippen LogP contribution in [0.25, 0.3) is 22.2 Å². The maximum absolute atomic E-state index is 12.3. The summed E-state index contributed by atoms with van der Waals surface area (Å²) in [4.78, 5) is 34.9. The number of nitrogens with one attached hydrogen (secondary N) is 1. The van der Waals surface area contributed by atoms with Gasteiger partial charge in [0, 0.05) is 35.8 Å². The molecular weight excluding hydrogens is 318 g/mol. The van der Waals surface area contributed by atoms with Crippen LogP contribution in [0.4, 0.5) is 0 Å². The lowest BCUT2D eigenvalue weighted by atomic mass is 10.00. The van der Waals surface area contributed by atoms with Crippen LogP contribution in [-0.2, 0) is 4.74 Å². The first-order valence-corrected chi connectivity index (χ1v) is 7.28. The van der Waals surface area contributed by atoms with Crippen molar-refractivity contribution in [3.8, 4) is 11.1 Å². The first-order chi connectivity index (χ1) is 11.1. The number of rotatable bonds is 3. The van der Waals surface area contributed by atoms with E-state index in [-0.39, 0.29) is 17.7 Å². The topological polar surface area (TPSA) is 84.9 Å². The molecule has 3 rings (SSSR count). The molecule has 0 aliphatic heterocycles. The summed E-state index contributed by atoms with van der Waals surface area (Å²) in [5, 5.41) is 0.357. The van der Waals surface area contributed by atoms with Crippen molar-refractivity contribution in [2.45, 2.75) is 6.92 Å². The summed E-state index contributed by atoms with van der Waals surface area (Å²) < 4.78 is 5.08. The van der Waals surface area contributed by atoms with Gasteiger partial charge in [0.15, 0.2) is 0 Å². The van der Waals surface area contributed by atoms with Gasteiger partial charge in [0.1, 0.15) is 0 Å². The second-order valence-electron chi connectivity index (χ2n) is 4.71. The number of hydrogen-bond donors (Lipinski definition) is 1. The third kappa shape index (κ3) is 2.80. The predicted octanol–water partition coefficient (Wildman–Crippen LogP) is 2.82. The molecule has 23 heavy (non-hydrogen) atoms. The molecule has 3 aromatic heterocycles. The standard InChI is InChI=1S/C16H12ClN3O3/c1-2-23-16(22)10-7-19-12-3-4-13(21)20-15(12)14(10)9-5-6-18-8-11(9)17/h3-8H,2H2,1H3,(H,20,21). The van der Waals surface area contributed by atoms with Crippen LogP contribution >= 0.6 is 11.6 Å². The molecule has 7 heteroatoms. The van der Waals surface area contributed by atoms with Crippen LogP contribution in [0.1, 0.15) is 17.3 Å². The van der Waals surface area contributed by atoms with Gasteiger partial charge in [-0.1, -0.05) is 11.6 Å². The molecule has 1 N–H and O–H groups in total. The summed E-state index contributed by atoms with van der Waals surface area (Å²) in [6.45, 7) is 1.94. The fourth-order valence-corrected chi connectivity index (χ4v) is 2.53. The van der Waals surface area contributed by atoms with Crippen LogP contribution in [0.15, 0.2) is 41.6 Å². The van der Waals surface area contributed by atoms with Gasteiger partial charge in [-0.05, 0) is 19.1 Å². The van der Waals surface area contributed by atoms with Crippen LogP contribution in [-0.4, -0.2) is 27.5 Å². The van der Waals surface area contributed by atoms with E-state index in [1.165, 1.54) is 18.5 Å². The van der Waals surface area contributed by atoms with Crippen molar-refractivity contribution < 1.29 is 9.53 Å². The smallest absolute Gasteiger partial charge is 0.340 e. The molecule has 0 bridgehead atoms. The molecule has 0 saturated heterocycles. The molecule has 0 aromatic carbocycles.